The Morgan fingerprint density at radius 1 is 0.875 bits per heavy atom. The molecule has 168 valence electrons. The second kappa shape index (κ2) is 9.30. The Hall–Kier alpha value is -3.55. The van der Waals surface area contributed by atoms with Gasteiger partial charge in [0.05, 0.1) is 20.1 Å². The molecular weight excluding hydrogens is 410 g/mol. The number of carbonyl (C=O) groups excluding carboxylic acids is 3. The molecule has 3 amide bonds. The number of hydrogen-bond donors (Lipinski definition) is 0. The SMILES string of the molecule is COc1ccc(C(=O)N2CCN(C(=O)C3CC(=O)N(c4ccccc4)C3)CC2)cc1OC. The minimum absolute atomic E-state index is 0.0185. The summed E-state index contributed by atoms with van der Waals surface area (Å²) in [6.07, 6.45) is 0.221. The topological polar surface area (TPSA) is 79.4 Å². The number of carbonyl (C=O) groups is 3. The van der Waals surface area contributed by atoms with E-state index in [1.165, 1.54) is 7.11 Å². The summed E-state index contributed by atoms with van der Waals surface area (Å²) in [4.78, 5) is 43.6. The molecular formula is C24H27N3O5. The van der Waals surface area contributed by atoms with Crippen LogP contribution in [0.4, 0.5) is 5.69 Å². The van der Waals surface area contributed by atoms with E-state index < -0.39 is 0 Å². The van der Waals surface area contributed by atoms with Crippen molar-refractivity contribution in [2.45, 2.75) is 6.42 Å². The molecule has 2 aliphatic heterocycles. The summed E-state index contributed by atoms with van der Waals surface area (Å²) in [6, 6.07) is 14.5. The van der Waals surface area contributed by atoms with Gasteiger partial charge in [0.25, 0.3) is 5.91 Å². The fourth-order valence-electron chi connectivity index (χ4n) is 4.27. The van der Waals surface area contributed by atoms with Gasteiger partial charge in [-0.1, -0.05) is 18.2 Å². The van der Waals surface area contributed by atoms with Crippen LogP contribution in [0.2, 0.25) is 0 Å². The highest BCUT2D eigenvalue weighted by Crippen LogP contribution is 2.29. The van der Waals surface area contributed by atoms with E-state index in [9.17, 15) is 14.4 Å². The molecule has 0 bridgehead atoms. The lowest BCUT2D eigenvalue weighted by atomic mass is 10.1. The van der Waals surface area contributed by atoms with Crippen molar-refractivity contribution in [2.24, 2.45) is 5.92 Å². The molecule has 0 N–H and O–H groups in total. The monoisotopic (exact) mass is 437 g/mol. The van der Waals surface area contributed by atoms with Crippen LogP contribution >= 0.6 is 0 Å². The van der Waals surface area contributed by atoms with Crippen molar-refractivity contribution in [1.29, 1.82) is 0 Å². The second-order valence-electron chi connectivity index (χ2n) is 7.93. The van der Waals surface area contributed by atoms with Crippen LogP contribution in [0.3, 0.4) is 0 Å². The van der Waals surface area contributed by atoms with Gasteiger partial charge in [0.15, 0.2) is 11.5 Å². The molecule has 0 spiro atoms. The Morgan fingerprint density at radius 2 is 1.53 bits per heavy atom. The summed E-state index contributed by atoms with van der Waals surface area (Å²) in [5.41, 5.74) is 1.33. The molecule has 0 saturated carbocycles. The van der Waals surface area contributed by atoms with E-state index >= 15 is 0 Å². The molecule has 2 heterocycles. The standard InChI is InChI=1S/C24H27N3O5/c1-31-20-9-8-17(14-21(20)32-2)23(29)25-10-12-26(13-11-25)24(30)18-15-22(28)27(16-18)19-6-4-3-5-7-19/h3-9,14,18H,10-13,15-16H2,1-2H3. The highest BCUT2D eigenvalue weighted by molar-refractivity contribution is 6.00. The van der Waals surface area contributed by atoms with Crippen molar-refractivity contribution < 1.29 is 23.9 Å². The fraction of sp³-hybridized carbons (Fsp3) is 0.375. The van der Waals surface area contributed by atoms with Gasteiger partial charge in [0.2, 0.25) is 11.8 Å². The predicted molar refractivity (Wildman–Crippen MR) is 119 cm³/mol. The maximum absolute atomic E-state index is 13.0. The zero-order valence-electron chi connectivity index (χ0n) is 18.3. The molecule has 1 unspecified atom stereocenters. The first-order valence-electron chi connectivity index (χ1n) is 10.7. The van der Waals surface area contributed by atoms with Crippen LogP contribution in [0.1, 0.15) is 16.8 Å². The van der Waals surface area contributed by atoms with E-state index in [1.54, 1.807) is 40.0 Å². The van der Waals surface area contributed by atoms with Crippen LogP contribution in [0, 0.1) is 5.92 Å². The van der Waals surface area contributed by atoms with Crippen molar-refractivity contribution in [3.05, 3.63) is 54.1 Å². The van der Waals surface area contributed by atoms with Crippen molar-refractivity contribution in [1.82, 2.24) is 9.80 Å². The molecule has 0 aromatic heterocycles. The number of anilines is 1. The minimum Gasteiger partial charge on any atom is -0.493 e. The zero-order chi connectivity index (χ0) is 22.7. The normalized spacial score (nSPS) is 18.6. The van der Waals surface area contributed by atoms with Gasteiger partial charge >= 0.3 is 0 Å². The Kier molecular flexibility index (Phi) is 6.30. The number of piperazine rings is 1. The average molecular weight is 437 g/mol. The number of rotatable bonds is 5. The molecule has 2 aliphatic rings. The molecule has 32 heavy (non-hydrogen) atoms. The Morgan fingerprint density at radius 3 is 2.19 bits per heavy atom. The lowest BCUT2D eigenvalue weighted by Gasteiger charge is -2.36. The third-order valence-electron chi connectivity index (χ3n) is 6.05. The van der Waals surface area contributed by atoms with Gasteiger partial charge in [-0.05, 0) is 30.3 Å². The van der Waals surface area contributed by atoms with Gasteiger partial charge in [-0.2, -0.15) is 0 Å². The molecule has 8 heteroatoms. The first-order chi connectivity index (χ1) is 15.5. The van der Waals surface area contributed by atoms with Gasteiger partial charge in [-0.3, -0.25) is 14.4 Å². The lowest BCUT2D eigenvalue weighted by Crippen LogP contribution is -2.52. The molecule has 2 fully saturated rings. The molecule has 2 aromatic rings. The largest absolute Gasteiger partial charge is 0.493 e. The first kappa shape index (κ1) is 21.7. The van der Waals surface area contributed by atoms with E-state index in [1.807, 2.05) is 30.3 Å². The van der Waals surface area contributed by atoms with E-state index in [4.69, 9.17) is 9.47 Å². The van der Waals surface area contributed by atoms with Gasteiger partial charge in [-0.25, -0.2) is 0 Å². The average Bonchev–Trinajstić information content (AvgIpc) is 3.24. The van der Waals surface area contributed by atoms with Crippen LogP contribution in [0.25, 0.3) is 0 Å². The molecule has 0 aliphatic carbocycles. The van der Waals surface area contributed by atoms with Crippen molar-refractivity contribution in [3.8, 4) is 11.5 Å². The summed E-state index contributed by atoms with van der Waals surface area (Å²) >= 11 is 0. The first-order valence-corrected chi connectivity index (χ1v) is 10.7. The number of amides is 3. The molecule has 2 aromatic carbocycles. The van der Waals surface area contributed by atoms with E-state index in [-0.39, 0.29) is 30.1 Å². The summed E-state index contributed by atoms with van der Waals surface area (Å²) in [5.74, 6) is 0.558. The molecule has 1 atom stereocenters. The van der Waals surface area contributed by atoms with E-state index in [2.05, 4.69) is 0 Å². The third kappa shape index (κ3) is 4.26. The summed E-state index contributed by atoms with van der Waals surface area (Å²) in [7, 11) is 3.08. The van der Waals surface area contributed by atoms with E-state index in [0.29, 0.717) is 49.8 Å². The van der Waals surface area contributed by atoms with Gasteiger partial charge in [-0.15, -0.1) is 0 Å². The third-order valence-corrected chi connectivity index (χ3v) is 6.05. The molecule has 8 nitrogen and oxygen atoms in total. The maximum atomic E-state index is 13.0. The van der Waals surface area contributed by atoms with Gasteiger partial charge in [0.1, 0.15) is 0 Å². The number of benzene rings is 2. The van der Waals surface area contributed by atoms with Crippen LogP contribution in [0.5, 0.6) is 11.5 Å². The molecule has 4 rings (SSSR count). The number of hydrogen-bond acceptors (Lipinski definition) is 5. The van der Waals surface area contributed by atoms with Gasteiger partial charge < -0.3 is 24.2 Å². The summed E-state index contributed by atoms with van der Waals surface area (Å²) in [6.45, 7) is 2.19. The smallest absolute Gasteiger partial charge is 0.254 e. The molecule has 0 radical (unpaired) electrons. The highest BCUT2D eigenvalue weighted by atomic mass is 16.5. The van der Waals surface area contributed by atoms with Gasteiger partial charge in [0, 0.05) is 50.4 Å². The Labute approximate surface area is 187 Å². The number of methoxy groups -OCH3 is 2. The Bertz CT molecular complexity index is 1000. The van der Waals surface area contributed by atoms with E-state index in [0.717, 1.165) is 5.69 Å². The quantitative estimate of drug-likeness (QED) is 0.715. The van der Waals surface area contributed by atoms with Crippen LogP contribution in [-0.4, -0.2) is 74.5 Å². The minimum atomic E-state index is -0.351. The maximum Gasteiger partial charge on any atom is 0.254 e. The second-order valence-corrected chi connectivity index (χ2v) is 7.93. The predicted octanol–water partition coefficient (Wildman–Crippen LogP) is 2.04. The van der Waals surface area contributed by atoms with Crippen LogP contribution in [0.15, 0.2) is 48.5 Å². The summed E-state index contributed by atoms with van der Waals surface area (Å²) < 4.78 is 10.5. The van der Waals surface area contributed by atoms with Crippen molar-refractivity contribution in [2.75, 3.05) is 51.8 Å². The Balaban J connectivity index is 1.35. The number of para-hydroxylation sites is 1. The number of ether oxygens (including phenoxy) is 2. The lowest BCUT2D eigenvalue weighted by molar-refractivity contribution is -0.137. The highest BCUT2D eigenvalue weighted by Gasteiger charge is 2.38. The molecule has 2 saturated heterocycles. The fourth-order valence-corrected chi connectivity index (χ4v) is 4.27. The van der Waals surface area contributed by atoms with Crippen molar-refractivity contribution >= 4 is 23.4 Å². The summed E-state index contributed by atoms with van der Waals surface area (Å²) in [5, 5.41) is 0. The van der Waals surface area contributed by atoms with Crippen LogP contribution < -0.4 is 14.4 Å². The van der Waals surface area contributed by atoms with Crippen LogP contribution in [-0.2, 0) is 9.59 Å². The zero-order valence-corrected chi connectivity index (χ0v) is 18.3. The number of nitrogens with zero attached hydrogens (tertiary/aromatic N) is 3. The van der Waals surface area contributed by atoms with Crippen molar-refractivity contribution in [3.63, 3.8) is 0 Å².